The number of nitrogens with one attached hydrogen (secondary N) is 5. The zero-order valence-electron chi connectivity index (χ0n) is 62.5. The van der Waals surface area contributed by atoms with Gasteiger partial charge in [0.1, 0.15) is 46.4 Å². The number of carbonyl (C=O) groups is 8. The number of hydrogen-bond donors (Lipinski definition) is 7. The first kappa shape index (κ1) is 81.7. The van der Waals surface area contributed by atoms with Crippen LogP contribution in [0, 0.1) is 11.8 Å². The minimum absolute atomic E-state index is 0.0247. The normalized spacial score (nSPS) is 26.5. The zero-order valence-corrected chi connectivity index (χ0v) is 67.4. The van der Waals surface area contributed by atoms with Gasteiger partial charge in [-0.25, -0.2) is 45.7 Å². The number of nitrogens with zero attached hydrogens (tertiary/aromatic N) is 6. The first-order valence-electron chi connectivity index (χ1n) is 37.4. The molecule has 0 unspecified atom stereocenters. The molecule has 6 fully saturated rings. The lowest BCUT2D eigenvalue weighted by atomic mass is 10.0. The van der Waals surface area contributed by atoms with E-state index >= 15 is 0 Å². The van der Waals surface area contributed by atoms with Crippen LogP contribution >= 0.6 is 45.3 Å². The summed E-state index contributed by atoms with van der Waals surface area (Å²) in [4.78, 5) is 141. The quantitative estimate of drug-likeness (QED) is 0.0529. The van der Waals surface area contributed by atoms with Crippen LogP contribution in [0.1, 0.15) is 169 Å². The molecule has 6 aromatic rings. The smallest absolute Gasteiger partial charge is 0.408 e. The number of rotatable bonds is 13. The Hall–Kier alpha value is -8.74. The Labute approximate surface area is 659 Å². The lowest BCUT2D eigenvalue weighted by Crippen LogP contribution is -2.58. The van der Waals surface area contributed by atoms with E-state index in [0.29, 0.717) is 60.8 Å². The van der Waals surface area contributed by atoms with Crippen LogP contribution in [0.2, 0.25) is 0 Å². The maximum absolute atomic E-state index is 14.6. The third-order valence-electron chi connectivity index (χ3n) is 20.8. The predicted molar refractivity (Wildman–Crippen MR) is 421 cm³/mol. The molecule has 14 rings (SSSR count). The fourth-order valence-electron chi connectivity index (χ4n) is 14.6. The van der Waals surface area contributed by atoms with Crippen LogP contribution in [0.3, 0.4) is 0 Å². The Bertz CT molecular complexity index is 4870. The highest BCUT2D eigenvalue weighted by molar-refractivity contribution is 7.91. The van der Waals surface area contributed by atoms with Gasteiger partial charge in [0.25, 0.3) is 17.0 Å². The summed E-state index contributed by atoms with van der Waals surface area (Å²) in [6.07, 6.45) is 18.5. The summed E-state index contributed by atoms with van der Waals surface area (Å²) >= 11 is 5.92. The molecule has 596 valence electrons. The van der Waals surface area contributed by atoms with E-state index < -0.39 is 137 Å². The van der Waals surface area contributed by atoms with Crippen LogP contribution in [0.5, 0.6) is 0 Å². The number of thiophene rings is 4. The summed E-state index contributed by atoms with van der Waals surface area (Å²) in [6, 6.07) is 1.77. The fraction of sp³-hybridized carbons (Fsp3) is 0.526. The second-order valence-corrected chi connectivity index (χ2v) is 38.5. The van der Waals surface area contributed by atoms with Crippen LogP contribution in [0.25, 0.3) is 44.5 Å². The van der Waals surface area contributed by atoms with Crippen molar-refractivity contribution in [3.8, 4) is 44.5 Å². The van der Waals surface area contributed by atoms with Crippen molar-refractivity contribution in [2.24, 2.45) is 17.0 Å². The Morgan fingerprint density at radius 1 is 0.559 bits per heavy atom. The number of carboxylic acids is 1. The van der Waals surface area contributed by atoms with Crippen LogP contribution in [-0.2, 0) is 58.3 Å². The number of amides is 7. The molecule has 6 aromatic heterocycles. The van der Waals surface area contributed by atoms with E-state index in [-0.39, 0.29) is 67.5 Å². The van der Waals surface area contributed by atoms with Gasteiger partial charge in [0.15, 0.2) is 0 Å². The largest absolute Gasteiger partial charge is 0.479 e. The third-order valence-corrected chi connectivity index (χ3v) is 26.8. The number of carboxylic acid groups (broad SMARTS) is 1. The molecule has 0 spiro atoms. The molecular formula is C76H94N12O17S6. The first-order valence-corrected chi connectivity index (χ1v) is 44.3. The Morgan fingerprint density at radius 2 is 0.955 bits per heavy atom. The van der Waals surface area contributed by atoms with Gasteiger partial charge in [-0.1, -0.05) is 50.0 Å². The molecule has 10 heterocycles. The molecule has 29 nitrogen and oxygen atoms in total. The maximum atomic E-state index is 14.6. The van der Waals surface area contributed by atoms with Crippen LogP contribution in [0.15, 0.2) is 114 Å². The van der Waals surface area contributed by atoms with E-state index in [2.05, 4.69) is 36.2 Å². The van der Waals surface area contributed by atoms with Gasteiger partial charge in [-0.05, 0) is 208 Å². The molecule has 0 radical (unpaired) electrons. The van der Waals surface area contributed by atoms with Gasteiger partial charge in [-0.2, -0.15) is 55.5 Å². The molecular weight excluding hydrogens is 1550 g/mol. The standard InChI is InChI=1S/C38H46N6O8S3.C35H41N5O7S2.C3H7NO2S/c1-37(2,3)52-36(49)40-29-10-8-6-4-5-7-9-25-18-38(25,35(48)42-55(50,51)27-11-12-27)41-32(45)30-17-26(20-43(30)33(29)46)44-34(47)31(24-14-16-54-22-24)28(19-39-44)23-13-15-53-21-23;1-34(2,3)47-33(46)37-26-10-8-6-4-5-7-9-23-16-35(23,32(44)45)38-29(41)27-15-24(18-39(27)30(26)42)40-31(43)28(22-12-14-49-20-22)25(17-36-40)21-11-13-48-19-21;4-7(5,6)3-1-2-3/h7,9,13-16,19,21-22,25-27,29-30H,4-6,8,10-12,17-18,20H2,1-3H3,(H,40,49)(H,41,45)(H,42,48);7,9,11-14,17,19-20,23-24,26-27H,4-6,8,10,15-16,18H2,1-3H3,(H,37,46)(H,38,41)(H,44,45);3H,1-2H2,(H2,4,5,6)/b2*9-7-;/t25-,26-,29+,30+,38-;23-,24-,26+,27+,35-;/m11./s1. The molecule has 7 amide bonds. The topological polar surface area (TPSA) is 406 Å². The lowest BCUT2D eigenvalue weighted by molar-refractivity contribution is -0.145. The van der Waals surface area contributed by atoms with E-state index in [9.17, 15) is 69.9 Å². The summed E-state index contributed by atoms with van der Waals surface area (Å²) < 4.78 is 61.9. The molecule has 0 aromatic carbocycles. The summed E-state index contributed by atoms with van der Waals surface area (Å²) in [7, 11) is -7.05. The second-order valence-electron chi connectivity index (χ2n) is 31.5. The van der Waals surface area contributed by atoms with Crippen molar-refractivity contribution in [3.05, 3.63) is 125 Å². The summed E-state index contributed by atoms with van der Waals surface area (Å²) in [6.45, 7) is 10.2. The third kappa shape index (κ3) is 19.5. The highest BCUT2D eigenvalue weighted by Crippen LogP contribution is 2.48. The number of sulfonamides is 2. The van der Waals surface area contributed by atoms with Crippen molar-refractivity contribution in [2.75, 3.05) is 13.1 Å². The molecule has 4 aliphatic heterocycles. The highest BCUT2D eigenvalue weighted by Gasteiger charge is 2.63. The number of primary sulfonamides is 1. The van der Waals surface area contributed by atoms with Crippen molar-refractivity contribution in [3.63, 3.8) is 0 Å². The summed E-state index contributed by atoms with van der Waals surface area (Å²) in [5.74, 6) is -5.11. The second kappa shape index (κ2) is 33.5. The molecule has 35 heteroatoms. The molecule has 111 heavy (non-hydrogen) atoms. The number of carbonyl (C=O) groups excluding carboxylic acids is 7. The fourth-order valence-corrected chi connectivity index (χ4v) is 19.4. The van der Waals surface area contributed by atoms with Gasteiger partial charge >= 0.3 is 18.2 Å². The van der Waals surface area contributed by atoms with Gasteiger partial charge in [-0.15, -0.1) is 0 Å². The Balaban J connectivity index is 0.000000190. The Kier molecular flexibility index (Phi) is 24.7. The van der Waals surface area contributed by atoms with Crippen molar-refractivity contribution in [1.82, 2.24) is 55.4 Å². The van der Waals surface area contributed by atoms with Crippen LogP contribution in [-0.4, -0.2) is 169 Å². The van der Waals surface area contributed by atoms with E-state index in [1.165, 1.54) is 64.5 Å². The van der Waals surface area contributed by atoms with Crippen molar-refractivity contribution in [2.45, 2.75) is 226 Å². The Morgan fingerprint density at radius 3 is 1.32 bits per heavy atom. The number of aromatic nitrogens is 4. The SMILES string of the molecule is CC(C)(C)OC(=O)N[C@H]1CCCCC/C=C\[C@@H]2C[C@@]2(C(=O)NS(=O)(=O)C2CC2)NC(=O)[C@@H]2C[C@@H](n3ncc(-c4ccsc4)c(-c4ccsc4)c3=O)CN2C1=O.CC(C)(C)OC(=O)N[C@H]1CCCCC/C=C\[C@@H]2C[C@@]2(C(=O)O)NC(=O)[C@@H]2C[C@@H](n3ncc(-c4ccsc4)c(-c4ccsc4)c3=O)CN2C1=O.NS(=O)(=O)C1CC1. The molecule has 4 saturated carbocycles. The minimum atomic E-state index is -3.92. The number of aliphatic carboxylic acids is 1. The zero-order chi connectivity index (χ0) is 79.5. The van der Waals surface area contributed by atoms with Gasteiger partial charge in [0, 0.05) is 48.9 Å². The van der Waals surface area contributed by atoms with Gasteiger partial charge in [0.05, 0.1) is 46.1 Å². The number of ether oxygens (including phenoxy) is 2. The number of alkyl carbamates (subject to hydrolysis) is 2. The number of nitrogens with two attached hydrogens (primary N) is 1. The minimum Gasteiger partial charge on any atom is -0.479 e. The summed E-state index contributed by atoms with van der Waals surface area (Å²) in [5, 5.41) is 49.6. The maximum Gasteiger partial charge on any atom is 0.408 e. The lowest BCUT2D eigenvalue weighted by Gasteiger charge is -2.30. The molecule has 10 atom stereocenters. The van der Waals surface area contributed by atoms with Crippen molar-refractivity contribution >= 4 is 113 Å². The highest BCUT2D eigenvalue weighted by atomic mass is 32.2. The van der Waals surface area contributed by atoms with Crippen molar-refractivity contribution < 1.29 is 69.8 Å². The molecule has 4 aliphatic carbocycles. The molecule has 2 saturated heterocycles. The van der Waals surface area contributed by atoms with Gasteiger partial charge in [0.2, 0.25) is 43.7 Å². The first-order chi connectivity index (χ1) is 52.6. The monoisotopic (exact) mass is 1640 g/mol. The van der Waals surface area contributed by atoms with E-state index in [4.69, 9.17) is 14.6 Å². The van der Waals surface area contributed by atoms with Gasteiger partial charge in [-0.3, -0.25) is 38.3 Å². The van der Waals surface area contributed by atoms with Crippen LogP contribution < -0.4 is 42.2 Å². The molecule has 8 aliphatic rings. The van der Waals surface area contributed by atoms with E-state index in [1.54, 1.807) is 53.9 Å². The van der Waals surface area contributed by atoms with E-state index in [1.807, 2.05) is 91.6 Å². The average Bonchev–Trinajstić information content (AvgIpc) is 1.58. The number of fused-ring (bicyclic) bond motifs is 4. The number of hydrogen-bond acceptors (Lipinski definition) is 22. The van der Waals surface area contributed by atoms with E-state index in [0.717, 1.165) is 67.2 Å². The van der Waals surface area contributed by atoms with Crippen molar-refractivity contribution in [1.29, 1.82) is 0 Å². The average molecular weight is 1640 g/mol. The number of allylic oxidation sites excluding steroid dienone is 2. The predicted octanol–water partition coefficient (Wildman–Crippen LogP) is 9.39. The van der Waals surface area contributed by atoms with Crippen LogP contribution in [0.4, 0.5) is 9.59 Å². The summed E-state index contributed by atoms with van der Waals surface area (Å²) in [5.41, 5.74) is 0.0259. The van der Waals surface area contributed by atoms with Gasteiger partial charge < -0.3 is 45.6 Å². The molecule has 0 bridgehead atoms. The molecule has 8 N–H and O–H groups in total.